The number of hydrogen-bond donors (Lipinski definition) is 1. The van der Waals surface area contributed by atoms with Crippen LogP contribution < -0.4 is 20.4 Å². The summed E-state index contributed by atoms with van der Waals surface area (Å²) in [5, 5.41) is 3.64. The number of methoxy groups -OCH3 is 2. The third kappa shape index (κ3) is 3.75. The largest absolute Gasteiger partial charge is 0.497 e. The Morgan fingerprint density at radius 1 is 0.867 bits per heavy atom. The standard InChI is InChI=1S/C24H19NO5/c1-28-18-10-7-15(8-11-18)23(26)25-17-9-12-19(22(14-17)29-2)20-13-16-5-3-4-6-21(16)30-24(20)27/h3-14H,1-2H3,(H,25,26). The second-order valence-electron chi connectivity index (χ2n) is 6.58. The van der Waals surface area contributed by atoms with E-state index in [0.717, 1.165) is 5.39 Å². The highest BCUT2D eigenvalue weighted by Gasteiger charge is 2.14. The predicted molar refractivity (Wildman–Crippen MR) is 115 cm³/mol. The van der Waals surface area contributed by atoms with Gasteiger partial charge in [-0.25, -0.2) is 4.79 Å². The highest BCUT2D eigenvalue weighted by atomic mass is 16.5. The van der Waals surface area contributed by atoms with Crippen molar-refractivity contribution < 1.29 is 18.7 Å². The summed E-state index contributed by atoms with van der Waals surface area (Å²) in [4.78, 5) is 25.0. The Hall–Kier alpha value is -4.06. The lowest BCUT2D eigenvalue weighted by Gasteiger charge is -2.12. The molecule has 0 aliphatic rings. The molecular formula is C24H19NO5. The Labute approximate surface area is 172 Å². The number of amides is 1. The predicted octanol–water partition coefficient (Wildman–Crippen LogP) is 4.73. The van der Waals surface area contributed by atoms with Crippen LogP contribution in [0.25, 0.3) is 22.1 Å². The zero-order valence-corrected chi connectivity index (χ0v) is 16.5. The molecule has 4 aromatic rings. The quantitative estimate of drug-likeness (QED) is 0.489. The molecule has 1 amide bonds. The molecule has 0 aliphatic heterocycles. The molecule has 30 heavy (non-hydrogen) atoms. The maximum absolute atomic E-state index is 12.5. The molecule has 1 N–H and O–H groups in total. The molecule has 6 nitrogen and oxygen atoms in total. The van der Waals surface area contributed by atoms with Gasteiger partial charge in [0.15, 0.2) is 0 Å². The minimum Gasteiger partial charge on any atom is -0.497 e. The smallest absolute Gasteiger partial charge is 0.344 e. The minimum atomic E-state index is -0.456. The Bertz CT molecular complexity index is 1280. The number of fused-ring (bicyclic) bond motifs is 1. The average molecular weight is 401 g/mol. The van der Waals surface area contributed by atoms with Gasteiger partial charge in [0.05, 0.1) is 19.8 Å². The highest BCUT2D eigenvalue weighted by molar-refractivity contribution is 6.04. The highest BCUT2D eigenvalue weighted by Crippen LogP contribution is 2.32. The van der Waals surface area contributed by atoms with Gasteiger partial charge in [-0.15, -0.1) is 0 Å². The van der Waals surface area contributed by atoms with Crippen LogP contribution in [0.4, 0.5) is 5.69 Å². The van der Waals surface area contributed by atoms with Gasteiger partial charge in [-0.2, -0.15) is 0 Å². The fraction of sp³-hybridized carbons (Fsp3) is 0.0833. The fourth-order valence-electron chi connectivity index (χ4n) is 3.19. The number of ether oxygens (including phenoxy) is 2. The van der Waals surface area contributed by atoms with Crippen molar-refractivity contribution in [2.75, 3.05) is 19.5 Å². The molecule has 0 aliphatic carbocycles. The maximum atomic E-state index is 12.5. The van der Waals surface area contributed by atoms with Crippen LogP contribution in [0.15, 0.2) is 82.0 Å². The van der Waals surface area contributed by atoms with Crippen LogP contribution in [0.3, 0.4) is 0 Å². The molecule has 4 rings (SSSR count). The Kier molecular flexibility index (Phi) is 5.22. The number of nitrogens with one attached hydrogen (secondary N) is 1. The third-order valence-corrected chi connectivity index (χ3v) is 4.74. The molecule has 0 unspecified atom stereocenters. The van der Waals surface area contributed by atoms with Crippen LogP contribution in [-0.4, -0.2) is 20.1 Å². The number of anilines is 1. The van der Waals surface area contributed by atoms with Crippen LogP contribution in [0.1, 0.15) is 10.4 Å². The lowest BCUT2D eigenvalue weighted by atomic mass is 10.0. The molecule has 6 heteroatoms. The number of benzene rings is 3. The zero-order chi connectivity index (χ0) is 21.1. The summed E-state index contributed by atoms with van der Waals surface area (Å²) in [5.74, 6) is 0.856. The molecule has 0 atom stereocenters. The van der Waals surface area contributed by atoms with Gasteiger partial charge in [-0.1, -0.05) is 18.2 Å². The van der Waals surface area contributed by atoms with Crippen molar-refractivity contribution in [2.45, 2.75) is 0 Å². The van der Waals surface area contributed by atoms with Crippen molar-refractivity contribution in [1.29, 1.82) is 0 Å². The van der Waals surface area contributed by atoms with Crippen LogP contribution in [-0.2, 0) is 0 Å². The second kappa shape index (κ2) is 8.13. The zero-order valence-electron chi connectivity index (χ0n) is 16.5. The average Bonchev–Trinajstić information content (AvgIpc) is 2.78. The Morgan fingerprint density at radius 3 is 2.37 bits per heavy atom. The molecular weight excluding hydrogens is 382 g/mol. The fourth-order valence-corrected chi connectivity index (χ4v) is 3.19. The minimum absolute atomic E-state index is 0.266. The van der Waals surface area contributed by atoms with E-state index < -0.39 is 5.63 Å². The van der Waals surface area contributed by atoms with Crippen molar-refractivity contribution >= 4 is 22.6 Å². The van der Waals surface area contributed by atoms with Crippen LogP contribution in [0.2, 0.25) is 0 Å². The van der Waals surface area contributed by atoms with E-state index in [9.17, 15) is 9.59 Å². The number of para-hydroxylation sites is 1. The van der Waals surface area contributed by atoms with Crippen molar-refractivity contribution in [3.05, 3.63) is 88.8 Å². The molecule has 1 heterocycles. The second-order valence-corrected chi connectivity index (χ2v) is 6.58. The molecule has 0 bridgehead atoms. The van der Waals surface area contributed by atoms with E-state index in [1.165, 1.54) is 7.11 Å². The van der Waals surface area contributed by atoms with Crippen LogP contribution in [0, 0.1) is 0 Å². The number of hydrogen-bond acceptors (Lipinski definition) is 5. The van der Waals surface area contributed by atoms with Gasteiger partial charge in [0, 0.05) is 28.3 Å². The van der Waals surface area contributed by atoms with E-state index in [4.69, 9.17) is 13.9 Å². The van der Waals surface area contributed by atoms with Gasteiger partial charge in [0.2, 0.25) is 0 Å². The summed E-state index contributed by atoms with van der Waals surface area (Å²) in [6, 6.07) is 21.0. The lowest BCUT2D eigenvalue weighted by molar-refractivity contribution is 0.102. The first kappa shape index (κ1) is 19.3. The van der Waals surface area contributed by atoms with Gasteiger partial charge in [0.1, 0.15) is 17.1 Å². The monoisotopic (exact) mass is 401 g/mol. The first-order valence-corrected chi connectivity index (χ1v) is 9.26. The maximum Gasteiger partial charge on any atom is 0.344 e. The first-order valence-electron chi connectivity index (χ1n) is 9.26. The molecule has 0 radical (unpaired) electrons. The summed E-state index contributed by atoms with van der Waals surface area (Å²) in [7, 11) is 3.08. The van der Waals surface area contributed by atoms with Crippen molar-refractivity contribution in [3.63, 3.8) is 0 Å². The number of rotatable bonds is 5. The normalized spacial score (nSPS) is 10.6. The lowest BCUT2D eigenvalue weighted by Crippen LogP contribution is -2.12. The third-order valence-electron chi connectivity index (χ3n) is 4.74. The SMILES string of the molecule is COc1ccc(C(=O)Nc2ccc(-c3cc4ccccc4oc3=O)c(OC)c2)cc1. The van der Waals surface area contributed by atoms with Gasteiger partial charge in [0.25, 0.3) is 5.91 Å². The van der Waals surface area contributed by atoms with Gasteiger partial charge in [-0.3, -0.25) is 4.79 Å². The summed E-state index contributed by atoms with van der Waals surface area (Å²) < 4.78 is 16.0. The van der Waals surface area contributed by atoms with Crippen molar-refractivity contribution in [1.82, 2.24) is 0 Å². The number of carbonyl (C=O) groups is 1. The van der Waals surface area contributed by atoms with E-state index in [-0.39, 0.29) is 5.91 Å². The van der Waals surface area contributed by atoms with E-state index in [1.807, 2.05) is 18.2 Å². The Balaban J connectivity index is 1.65. The summed E-state index contributed by atoms with van der Waals surface area (Å²) in [5.41, 5.74) is 2.07. The summed E-state index contributed by atoms with van der Waals surface area (Å²) in [6.07, 6.45) is 0. The van der Waals surface area contributed by atoms with E-state index >= 15 is 0 Å². The molecule has 3 aromatic carbocycles. The van der Waals surface area contributed by atoms with Gasteiger partial charge in [-0.05, 0) is 48.5 Å². The van der Waals surface area contributed by atoms with Crippen LogP contribution >= 0.6 is 0 Å². The molecule has 1 aromatic heterocycles. The first-order chi connectivity index (χ1) is 14.6. The molecule has 0 fully saturated rings. The van der Waals surface area contributed by atoms with Gasteiger partial charge < -0.3 is 19.2 Å². The van der Waals surface area contributed by atoms with E-state index in [2.05, 4.69) is 5.32 Å². The topological polar surface area (TPSA) is 77.8 Å². The molecule has 0 saturated heterocycles. The Morgan fingerprint density at radius 2 is 1.63 bits per heavy atom. The van der Waals surface area contributed by atoms with E-state index in [1.54, 1.807) is 61.7 Å². The molecule has 0 saturated carbocycles. The summed E-state index contributed by atoms with van der Waals surface area (Å²) in [6.45, 7) is 0. The van der Waals surface area contributed by atoms with Crippen molar-refractivity contribution in [3.8, 4) is 22.6 Å². The summed E-state index contributed by atoms with van der Waals surface area (Å²) >= 11 is 0. The van der Waals surface area contributed by atoms with Crippen molar-refractivity contribution in [2.24, 2.45) is 0 Å². The van der Waals surface area contributed by atoms with E-state index in [0.29, 0.717) is 39.5 Å². The molecule has 150 valence electrons. The van der Waals surface area contributed by atoms with Crippen LogP contribution in [0.5, 0.6) is 11.5 Å². The number of carbonyl (C=O) groups excluding carboxylic acids is 1. The molecule has 0 spiro atoms. The van der Waals surface area contributed by atoms with Gasteiger partial charge >= 0.3 is 5.63 Å².